The summed E-state index contributed by atoms with van der Waals surface area (Å²) in [7, 11) is -2.62. The molecule has 0 unspecified atom stereocenters. The van der Waals surface area contributed by atoms with Crippen LogP contribution in [-0.4, -0.2) is 28.0 Å². The Morgan fingerprint density at radius 1 is 1.00 bits per heavy atom. The number of hydrogen-bond donors (Lipinski definition) is 1. The van der Waals surface area contributed by atoms with Crippen LogP contribution in [-0.2, 0) is 14.8 Å². The lowest BCUT2D eigenvalue weighted by atomic mass is 10.0. The Morgan fingerprint density at radius 2 is 1.62 bits per heavy atom. The lowest BCUT2D eigenvalue weighted by Crippen LogP contribution is -2.42. The van der Waals surface area contributed by atoms with Crippen molar-refractivity contribution in [2.24, 2.45) is 0 Å². The minimum absolute atomic E-state index is 0.00877. The molecule has 0 spiro atoms. The molecule has 0 aromatic heterocycles. The summed E-state index contributed by atoms with van der Waals surface area (Å²) >= 11 is 0. The van der Waals surface area contributed by atoms with Crippen molar-refractivity contribution in [2.45, 2.75) is 24.3 Å². The number of halogens is 1. The van der Waals surface area contributed by atoms with Crippen LogP contribution in [0.5, 0.6) is 5.75 Å². The molecule has 3 aromatic carbocycles. The molecule has 0 aliphatic rings. The van der Waals surface area contributed by atoms with E-state index in [2.05, 4.69) is 5.32 Å². The van der Waals surface area contributed by atoms with E-state index in [0.717, 1.165) is 22.0 Å². The third-order valence-corrected chi connectivity index (χ3v) is 6.78. The van der Waals surface area contributed by atoms with Gasteiger partial charge in [0.1, 0.15) is 18.1 Å². The number of methoxy groups -OCH3 is 1. The fraction of sp³-hybridized carbons (Fsp3) is 0.208. The van der Waals surface area contributed by atoms with Gasteiger partial charge in [-0.15, -0.1) is 0 Å². The zero-order valence-corrected chi connectivity index (χ0v) is 18.7. The molecule has 1 N–H and O–H groups in total. The van der Waals surface area contributed by atoms with Gasteiger partial charge in [0.05, 0.1) is 23.7 Å². The highest BCUT2D eigenvalue weighted by Gasteiger charge is 2.28. The predicted octanol–water partition coefficient (Wildman–Crippen LogP) is 4.30. The highest BCUT2D eigenvalue weighted by molar-refractivity contribution is 7.92. The van der Waals surface area contributed by atoms with Crippen LogP contribution >= 0.6 is 0 Å². The number of anilines is 1. The molecule has 8 heteroatoms. The van der Waals surface area contributed by atoms with Gasteiger partial charge in [0.2, 0.25) is 5.91 Å². The number of carbonyl (C=O) groups excluding carboxylic acids is 1. The van der Waals surface area contributed by atoms with Crippen molar-refractivity contribution in [3.8, 4) is 5.75 Å². The van der Waals surface area contributed by atoms with E-state index in [1.165, 1.54) is 43.5 Å². The molecule has 1 atom stereocenters. The van der Waals surface area contributed by atoms with Crippen molar-refractivity contribution in [1.82, 2.24) is 5.32 Å². The highest BCUT2D eigenvalue weighted by atomic mass is 32.2. The largest absolute Gasteiger partial charge is 0.497 e. The zero-order valence-electron chi connectivity index (χ0n) is 17.9. The summed E-state index contributed by atoms with van der Waals surface area (Å²) in [6.07, 6.45) is 0.636. The second-order valence-electron chi connectivity index (χ2n) is 7.10. The summed E-state index contributed by atoms with van der Waals surface area (Å²) in [5.74, 6) is -0.471. The molecule has 0 saturated carbocycles. The predicted molar refractivity (Wildman–Crippen MR) is 122 cm³/mol. The first-order chi connectivity index (χ1) is 15.3. The van der Waals surface area contributed by atoms with Gasteiger partial charge in [0, 0.05) is 0 Å². The Hall–Kier alpha value is -3.39. The Balaban J connectivity index is 1.90. The molecule has 168 valence electrons. The smallest absolute Gasteiger partial charge is 0.264 e. The number of amides is 1. The van der Waals surface area contributed by atoms with E-state index in [9.17, 15) is 17.6 Å². The monoisotopic (exact) mass is 456 g/mol. The van der Waals surface area contributed by atoms with Crippen molar-refractivity contribution in [1.29, 1.82) is 0 Å². The van der Waals surface area contributed by atoms with Crippen LogP contribution < -0.4 is 14.4 Å². The molecular formula is C24H25FN2O4S. The van der Waals surface area contributed by atoms with Crippen molar-refractivity contribution >= 4 is 21.6 Å². The maximum atomic E-state index is 13.5. The Bertz CT molecular complexity index is 1130. The van der Waals surface area contributed by atoms with Gasteiger partial charge < -0.3 is 10.1 Å². The summed E-state index contributed by atoms with van der Waals surface area (Å²) < 4.78 is 46.3. The summed E-state index contributed by atoms with van der Waals surface area (Å²) in [6.45, 7) is 1.48. The Labute approximate surface area is 187 Å². The van der Waals surface area contributed by atoms with Crippen molar-refractivity contribution < 1.29 is 22.3 Å². The van der Waals surface area contributed by atoms with E-state index in [0.29, 0.717) is 12.2 Å². The summed E-state index contributed by atoms with van der Waals surface area (Å²) in [4.78, 5) is 12.9. The van der Waals surface area contributed by atoms with Crippen LogP contribution in [0.2, 0.25) is 0 Å². The normalized spacial score (nSPS) is 12.1. The molecule has 0 aliphatic carbocycles. The number of nitrogens with one attached hydrogen (secondary N) is 1. The van der Waals surface area contributed by atoms with Gasteiger partial charge in [-0.3, -0.25) is 9.10 Å². The van der Waals surface area contributed by atoms with Crippen molar-refractivity contribution in [3.05, 3.63) is 90.2 Å². The van der Waals surface area contributed by atoms with Gasteiger partial charge in [0.15, 0.2) is 0 Å². The molecule has 3 rings (SSSR count). The molecule has 0 aliphatic heterocycles. The number of benzene rings is 3. The molecule has 1 amide bonds. The van der Waals surface area contributed by atoms with Crippen LogP contribution in [0.1, 0.15) is 24.9 Å². The molecule has 0 bridgehead atoms. The summed E-state index contributed by atoms with van der Waals surface area (Å²) in [5.41, 5.74) is 1.11. The van der Waals surface area contributed by atoms with E-state index >= 15 is 0 Å². The minimum atomic E-state index is -4.10. The standard InChI is InChI=1S/C24H25FN2O4S/c1-3-23(18-7-5-4-6-8-18)26-24(28)17-27(20-11-9-19(25)10-12-20)32(29,30)22-15-13-21(31-2)14-16-22/h4-16,23H,3,17H2,1-2H3,(H,26,28)/t23-/m1/s1. The van der Waals surface area contributed by atoms with Gasteiger partial charge in [-0.2, -0.15) is 0 Å². The molecule has 6 nitrogen and oxygen atoms in total. The van der Waals surface area contributed by atoms with Crippen LogP contribution in [0.15, 0.2) is 83.8 Å². The fourth-order valence-electron chi connectivity index (χ4n) is 3.27. The number of ether oxygens (including phenoxy) is 1. The lowest BCUT2D eigenvalue weighted by Gasteiger charge is -2.25. The number of sulfonamides is 1. The summed E-state index contributed by atoms with van der Waals surface area (Å²) in [5, 5.41) is 2.90. The van der Waals surface area contributed by atoms with E-state index in [4.69, 9.17) is 4.74 Å². The molecule has 3 aromatic rings. The van der Waals surface area contributed by atoms with E-state index in [1.807, 2.05) is 37.3 Å². The van der Waals surface area contributed by atoms with Gasteiger partial charge in [-0.05, 0) is 60.5 Å². The first kappa shape index (κ1) is 23.3. The van der Waals surface area contributed by atoms with E-state index < -0.39 is 28.3 Å². The van der Waals surface area contributed by atoms with Crippen LogP contribution in [0.3, 0.4) is 0 Å². The van der Waals surface area contributed by atoms with Crippen LogP contribution in [0.4, 0.5) is 10.1 Å². The number of carbonyl (C=O) groups is 1. The topological polar surface area (TPSA) is 75.7 Å². The fourth-order valence-corrected chi connectivity index (χ4v) is 4.70. The van der Waals surface area contributed by atoms with Gasteiger partial charge in [-0.25, -0.2) is 12.8 Å². The Kier molecular flexibility index (Phi) is 7.48. The van der Waals surface area contributed by atoms with Crippen LogP contribution in [0, 0.1) is 5.82 Å². The second-order valence-corrected chi connectivity index (χ2v) is 8.96. The number of hydrogen-bond acceptors (Lipinski definition) is 4. The third kappa shape index (κ3) is 5.45. The highest BCUT2D eigenvalue weighted by Crippen LogP contribution is 2.26. The molecule has 0 heterocycles. The van der Waals surface area contributed by atoms with Crippen molar-refractivity contribution in [3.63, 3.8) is 0 Å². The minimum Gasteiger partial charge on any atom is -0.497 e. The zero-order chi connectivity index (χ0) is 23.1. The average Bonchev–Trinajstić information content (AvgIpc) is 2.82. The van der Waals surface area contributed by atoms with E-state index in [1.54, 1.807) is 0 Å². The molecule has 0 radical (unpaired) electrons. The SMILES string of the molecule is CC[C@@H](NC(=O)CN(c1ccc(F)cc1)S(=O)(=O)c1ccc(OC)cc1)c1ccccc1. The lowest BCUT2D eigenvalue weighted by molar-refractivity contribution is -0.120. The third-order valence-electron chi connectivity index (χ3n) is 4.99. The second kappa shape index (κ2) is 10.3. The number of rotatable bonds is 9. The molecule has 0 fully saturated rings. The average molecular weight is 457 g/mol. The van der Waals surface area contributed by atoms with Gasteiger partial charge >= 0.3 is 0 Å². The molecule has 0 saturated heterocycles. The van der Waals surface area contributed by atoms with Crippen LogP contribution in [0.25, 0.3) is 0 Å². The maximum Gasteiger partial charge on any atom is 0.264 e. The summed E-state index contributed by atoms with van der Waals surface area (Å²) in [6, 6.07) is 20.0. The van der Waals surface area contributed by atoms with E-state index in [-0.39, 0.29) is 16.6 Å². The molecular weight excluding hydrogens is 431 g/mol. The van der Waals surface area contributed by atoms with Gasteiger partial charge in [-0.1, -0.05) is 37.3 Å². The first-order valence-corrected chi connectivity index (χ1v) is 11.6. The first-order valence-electron chi connectivity index (χ1n) is 10.1. The number of nitrogens with zero attached hydrogens (tertiary/aromatic N) is 1. The Morgan fingerprint density at radius 3 is 2.19 bits per heavy atom. The molecule has 32 heavy (non-hydrogen) atoms. The maximum absolute atomic E-state index is 13.5. The van der Waals surface area contributed by atoms with Crippen molar-refractivity contribution in [2.75, 3.05) is 18.0 Å². The van der Waals surface area contributed by atoms with Gasteiger partial charge in [0.25, 0.3) is 10.0 Å². The quantitative estimate of drug-likeness (QED) is 0.521.